The molecule has 0 aliphatic carbocycles. The van der Waals surface area contributed by atoms with E-state index in [1.54, 1.807) is 0 Å². The molecule has 0 saturated carbocycles. The van der Waals surface area contributed by atoms with Gasteiger partial charge < -0.3 is 15.3 Å². The SMILES string of the molecule is CNC(=O)C(c1ccc(C(F)(F)F)cc1)[C@H](CN1CC[C@H](O)C1)c1ccccc1. The summed E-state index contributed by atoms with van der Waals surface area (Å²) < 4.78 is 38.9. The Bertz CT molecular complexity index is 809. The highest BCUT2D eigenvalue weighted by Gasteiger charge is 2.35. The van der Waals surface area contributed by atoms with Crippen LogP contribution in [0.2, 0.25) is 0 Å². The van der Waals surface area contributed by atoms with E-state index in [2.05, 4.69) is 10.2 Å². The van der Waals surface area contributed by atoms with Crippen molar-refractivity contribution in [3.63, 3.8) is 0 Å². The van der Waals surface area contributed by atoms with Gasteiger partial charge in [-0.15, -0.1) is 0 Å². The van der Waals surface area contributed by atoms with Crippen LogP contribution in [0, 0.1) is 0 Å². The molecule has 3 rings (SSSR count). The molecule has 3 atom stereocenters. The van der Waals surface area contributed by atoms with Crippen LogP contribution in [0.25, 0.3) is 0 Å². The quantitative estimate of drug-likeness (QED) is 0.773. The average molecular weight is 406 g/mol. The summed E-state index contributed by atoms with van der Waals surface area (Å²) in [7, 11) is 1.53. The minimum atomic E-state index is -4.43. The van der Waals surface area contributed by atoms with Crippen LogP contribution in [0.5, 0.6) is 0 Å². The third kappa shape index (κ3) is 5.16. The molecule has 29 heavy (non-hydrogen) atoms. The lowest BCUT2D eigenvalue weighted by Crippen LogP contribution is -2.36. The summed E-state index contributed by atoms with van der Waals surface area (Å²) >= 11 is 0. The number of likely N-dealkylation sites (tertiary alicyclic amines) is 1. The molecule has 2 N–H and O–H groups in total. The highest BCUT2D eigenvalue weighted by molar-refractivity contribution is 5.84. The molecule has 0 aromatic heterocycles. The molecule has 4 nitrogen and oxygen atoms in total. The number of nitrogens with one attached hydrogen (secondary N) is 1. The zero-order valence-electron chi connectivity index (χ0n) is 16.2. The molecule has 1 fully saturated rings. The van der Waals surface area contributed by atoms with Gasteiger partial charge in [0.1, 0.15) is 0 Å². The van der Waals surface area contributed by atoms with Crippen LogP contribution >= 0.6 is 0 Å². The molecule has 2 aromatic rings. The second kappa shape index (κ2) is 8.97. The lowest BCUT2D eigenvalue weighted by atomic mass is 9.80. The number of benzene rings is 2. The standard InChI is InChI=1S/C22H25F3N2O2/c1-26-21(29)20(16-7-9-17(10-8-16)22(23,24)25)19(15-5-3-2-4-6-15)14-27-12-11-18(28)13-27/h2-10,18-20,28H,11-14H2,1H3,(H,26,29)/t18-,19+,20?/m0/s1. The number of rotatable bonds is 6. The van der Waals surface area contributed by atoms with Crippen LogP contribution in [0.4, 0.5) is 13.2 Å². The first-order valence-corrected chi connectivity index (χ1v) is 9.63. The number of hydrogen-bond acceptors (Lipinski definition) is 3. The van der Waals surface area contributed by atoms with Gasteiger partial charge in [0.15, 0.2) is 0 Å². The van der Waals surface area contributed by atoms with Crippen LogP contribution in [-0.4, -0.2) is 48.7 Å². The van der Waals surface area contributed by atoms with Gasteiger partial charge in [0.25, 0.3) is 0 Å². The van der Waals surface area contributed by atoms with Gasteiger partial charge in [-0.25, -0.2) is 0 Å². The van der Waals surface area contributed by atoms with Crippen LogP contribution in [0.1, 0.15) is 34.9 Å². The summed E-state index contributed by atoms with van der Waals surface area (Å²) in [4.78, 5) is 14.9. The molecule has 1 aliphatic rings. The molecule has 156 valence electrons. The number of alkyl halides is 3. The Labute approximate surface area is 168 Å². The van der Waals surface area contributed by atoms with Gasteiger partial charge in [0.05, 0.1) is 17.6 Å². The van der Waals surface area contributed by atoms with Crippen molar-refractivity contribution in [2.75, 3.05) is 26.7 Å². The van der Waals surface area contributed by atoms with Crippen molar-refractivity contribution in [1.82, 2.24) is 10.2 Å². The number of β-amino-alcohol motifs (C(OH)–C–C–N with tert-alkyl or cyclic N) is 1. The molecule has 2 aromatic carbocycles. The van der Waals surface area contributed by atoms with E-state index in [-0.39, 0.29) is 11.8 Å². The van der Waals surface area contributed by atoms with Gasteiger partial charge >= 0.3 is 6.18 Å². The maximum absolute atomic E-state index is 13.0. The number of aliphatic hydroxyl groups excluding tert-OH is 1. The molecular weight excluding hydrogens is 381 g/mol. The molecule has 1 saturated heterocycles. The van der Waals surface area contributed by atoms with Gasteiger partial charge in [-0.3, -0.25) is 4.79 Å². The Morgan fingerprint density at radius 3 is 2.31 bits per heavy atom. The number of halogens is 3. The highest BCUT2D eigenvalue weighted by atomic mass is 19.4. The van der Waals surface area contributed by atoms with Gasteiger partial charge in [-0.05, 0) is 29.7 Å². The van der Waals surface area contributed by atoms with Crippen molar-refractivity contribution in [2.24, 2.45) is 0 Å². The third-order valence-electron chi connectivity index (χ3n) is 5.46. The maximum Gasteiger partial charge on any atom is 0.416 e. The third-order valence-corrected chi connectivity index (χ3v) is 5.46. The fourth-order valence-corrected chi connectivity index (χ4v) is 3.96. The van der Waals surface area contributed by atoms with E-state index in [1.807, 2.05) is 30.3 Å². The molecular formula is C22H25F3N2O2. The van der Waals surface area contributed by atoms with Crippen molar-refractivity contribution in [3.8, 4) is 0 Å². The first kappa shape index (κ1) is 21.3. The summed E-state index contributed by atoms with van der Waals surface area (Å²) in [6.45, 7) is 1.77. The van der Waals surface area contributed by atoms with E-state index in [9.17, 15) is 23.1 Å². The Kier molecular flexibility index (Phi) is 6.59. The summed E-state index contributed by atoms with van der Waals surface area (Å²) in [5, 5.41) is 12.5. The average Bonchev–Trinajstić information content (AvgIpc) is 3.12. The fourth-order valence-electron chi connectivity index (χ4n) is 3.96. The van der Waals surface area contributed by atoms with Crippen molar-refractivity contribution >= 4 is 5.91 Å². The monoisotopic (exact) mass is 406 g/mol. The smallest absolute Gasteiger partial charge is 0.392 e. The molecule has 1 amide bonds. The zero-order valence-corrected chi connectivity index (χ0v) is 16.2. The van der Waals surface area contributed by atoms with Crippen LogP contribution in [-0.2, 0) is 11.0 Å². The van der Waals surface area contributed by atoms with Crippen molar-refractivity contribution in [2.45, 2.75) is 30.5 Å². The van der Waals surface area contributed by atoms with Crippen molar-refractivity contribution in [1.29, 1.82) is 0 Å². The van der Waals surface area contributed by atoms with Gasteiger partial charge in [0, 0.05) is 32.6 Å². The second-order valence-electron chi connectivity index (χ2n) is 7.43. The lowest BCUT2D eigenvalue weighted by Gasteiger charge is -2.30. The van der Waals surface area contributed by atoms with E-state index in [4.69, 9.17) is 0 Å². The van der Waals surface area contributed by atoms with Gasteiger partial charge in [0.2, 0.25) is 5.91 Å². The Balaban J connectivity index is 1.98. The Morgan fingerprint density at radius 1 is 1.14 bits per heavy atom. The van der Waals surface area contributed by atoms with Gasteiger partial charge in [-0.1, -0.05) is 42.5 Å². The number of carbonyl (C=O) groups is 1. The molecule has 0 bridgehead atoms. The number of aliphatic hydroxyl groups is 1. The number of hydrogen-bond donors (Lipinski definition) is 2. The van der Waals surface area contributed by atoms with Crippen molar-refractivity contribution in [3.05, 3.63) is 71.3 Å². The highest BCUT2D eigenvalue weighted by Crippen LogP contribution is 2.37. The predicted octanol–water partition coefficient (Wildman–Crippen LogP) is 3.39. The fraction of sp³-hybridized carbons (Fsp3) is 0.409. The number of likely N-dealkylation sites (N-methyl/N-ethyl adjacent to an activating group) is 1. The second-order valence-corrected chi connectivity index (χ2v) is 7.43. The topological polar surface area (TPSA) is 52.6 Å². The summed E-state index contributed by atoms with van der Waals surface area (Å²) in [6, 6.07) is 14.3. The van der Waals surface area contributed by atoms with E-state index in [0.717, 1.165) is 24.2 Å². The minimum absolute atomic E-state index is 0.252. The maximum atomic E-state index is 13.0. The summed E-state index contributed by atoms with van der Waals surface area (Å²) in [5.41, 5.74) is 0.726. The molecule has 1 unspecified atom stereocenters. The Hall–Kier alpha value is -2.38. The lowest BCUT2D eigenvalue weighted by molar-refractivity contribution is -0.137. The molecule has 1 heterocycles. The summed E-state index contributed by atoms with van der Waals surface area (Å²) in [6.07, 6.45) is -4.14. The van der Waals surface area contributed by atoms with E-state index < -0.39 is 23.8 Å². The number of nitrogens with zero attached hydrogens (tertiary/aromatic N) is 1. The molecule has 1 aliphatic heterocycles. The minimum Gasteiger partial charge on any atom is -0.392 e. The normalized spacial score (nSPS) is 19.7. The van der Waals surface area contributed by atoms with Crippen LogP contribution in [0.3, 0.4) is 0 Å². The van der Waals surface area contributed by atoms with E-state index in [0.29, 0.717) is 25.1 Å². The summed E-state index contributed by atoms with van der Waals surface area (Å²) in [5.74, 6) is -1.17. The molecule has 0 radical (unpaired) electrons. The number of carbonyl (C=O) groups excluding carboxylic acids is 1. The van der Waals surface area contributed by atoms with Gasteiger partial charge in [-0.2, -0.15) is 13.2 Å². The Morgan fingerprint density at radius 2 is 1.79 bits per heavy atom. The first-order chi connectivity index (χ1) is 13.8. The van der Waals surface area contributed by atoms with Crippen LogP contribution < -0.4 is 5.32 Å². The van der Waals surface area contributed by atoms with Crippen molar-refractivity contribution < 1.29 is 23.1 Å². The number of amides is 1. The van der Waals surface area contributed by atoms with E-state index >= 15 is 0 Å². The predicted molar refractivity (Wildman–Crippen MR) is 104 cm³/mol. The molecule has 0 spiro atoms. The zero-order chi connectivity index (χ0) is 21.0. The first-order valence-electron chi connectivity index (χ1n) is 9.63. The van der Waals surface area contributed by atoms with Crippen LogP contribution in [0.15, 0.2) is 54.6 Å². The van der Waals surface area contributed by atoms with E-state index in [1.165, 1.54) is 19.2 Å². The largest absolute Gasteiger partial charge is 0.416 e. The molecule has 7 heteroatoms.